The first-order valence-corrected chi connectivity index (χ1v) is 8.78. The van der Waals surface area contributed by atoms with E-state index in [1.165, 1.54) is 11.3 Å². The van der Waals surface area contributed by atoms with E-state index in [1.54, 1.807) is 12.1 Å². The molecule has 0 fully saturated rings. The highest BCUT2D eigenvalue weighted by atomic mass is 35.5. The maximum Gasteiger partial charge on any atom is 0.225 e. The van der Waals surface area contributed by atoms with E-state index >= 15 is 0 Å². The van der Waals surface area contributed by atoms with E-state index in [2.05, 4.69) is 38.9 Å². The molecule has 0 bridgehead atoms. The molecule has 0 aliphatic heterocycles. The molecule has 0 saturated carbocycles. The minimum atomic E-state index is 0.188. The van der Waals surface area contributed by atoms with Crippen molar-refractivity contribution >= 4 is 44.7 Å². The first-order valence-electron chi connectivity index (χ1n) is 7.52. The number of nitrogens with zero attached hydrogens (tertiary/aromatic N) is 3. The van der Waals surface area contributed by atoms with Crippen molar-refractivity contribution in [1.82, 2.24) is 9.97 Å². The SMILES string of the molecule is N#Cc1cccc(Nc2nc(Cl)nc3scc(-c4ccccc4)c23)c1. The van der Waals surface area contributed by atoms with Crippen LogP contribution in [0.15, 0.2) is 60.0 Å². The van der Waals surface area contributed by atoms with Crippen LogP contribution in [0.5, 0.6) is 0 Å². The molecule has 6 heteroatoms. The third-order valence-corrected chi connectivity index (χ3v) is 4.79. The molecule has 0 amide bonds. The van der Waals surface area contributed by atoms with Gasteiger partial charge < -0.3 is 5.32 Å². The summed E-state index contributed by atoms with van der Waals surface area (Å²) < 4.78 is 0. The molecular formula is C19H11ClN4S. The predicted molar refractivity (Wildman–Crippen MR) is 102 cm³/mol. The van der Waals surface area contributed by atoms with Gasteiger partial charge in [0.15, 0.2) is 0 Å². The number of benzene rings is 2. The smallest absolute Gasteiger partial charge is 0.225 e. The fraction of sp³-hybridized carbons (Fsp3) is 0. The van der Waals surface area contributed by atoms with Crippen LogP contribution in [0.1, 0.15) is 5.56 Å². The van der Waals surface area contributed by atoms with Crippen LogP contribution in [0.2, 0.25) is 5.28 Å². The van der Waals surface area contributed by atoms with E-state index in [0.717, 1.165) is 27.0 Å². The molecule has 2 aromatic heterocycles. The second-order valence-corrected chi connectivity index (χ2v) is 6.55. The Kier molecular flexibility index (Phi) is 4.06. The summed E-state index contributed by atoms with van der Waals surface area (Å²) in [6.45, 7) is 0. The van der Waals surface area contributed by atoms with Crippen LogP contribution in [0.4, 0.5) is 11.5 Å². The Morgan fingerprint density at radius 3 is 2.68 bits per heavy atom. The summed E-state index contributed by atoms with van der Waals surface area (Å²) in [6, 6.07) is 19.5. The third-order valence-electron chi connectivity index (χ3n) is 3.75. The minimum absolute atomic E-state index is 0.188. The van der Waals surface area contributed by atoms with E-state index in [-0.39, 0.29) is 5.28 Å². The summed E-state index contributed by atoms with van der Waals surface area (Å²) in [5.41, 5.74) is 3.50. The van der Waals surface area contributed by atoms with Gasteiger partial charge in [0.05, 0.1) is 17.0 Å². The van der Waals surface area contributed by atoms with Gasteiger partial charge in [-0.3, -0.25) is 0 Å². The summed E-state index contributed by atoms with van der Waals surface area (Å²) >= 11 is 7.62. The van der Waals surface area contributed by atoms with Crippen molar-refractivity contribution in [1.29, 1.82) is 5.26 Å². The Labute approximate surface area is 153 Å². The molecule has 4 aromatic rings. The lowest BCUT2D eigenvalue weighted by molar-refractivity contribution is 1.23. The standard InChI is InChI=1S/C19H11ClN4S/c20-19-23-17(22-14-8-4-5-12(9-14)10-21)16-15(11-25-18(16)24-19)13-6-2-1-3-7-13/h1-9,11H,(H,22,23,24). The van der Waals surface area contributed by atoms with Gasteiger partial charge in [0.25, 0.3) is 0 Å². The monoisotopic (exact) mass is 362 g/mol. The average Bonchev–Trinajstić information content (AvgIpc) is 3.06. The summed E-state index contributed by atoms with van der Waals surface area (Å²) in [6.07, 6.45) is 0. The lowest BCUT2D eigenvalue weighted by Gasteiger charge is -2.09. The van der Waals surface area contributed by atoms with Crippen molar-refractivity contribution in [2.75, 3.05) is 5.32 Å². The normalized spacial score (nSPS) is 10.6. The second-order valence-electron chi connectivity index (χ2n) is 5.35. The van der Waals surface area contributed by atoms with Crippen LogP contribution in [0, 0.1) is 11.3 Å². The molecular weight excluding hydrogens is 352 g/mol. The number of anilines is 2. The maximum atomic E-state index is 9.08. The number of halogens is 1. The van der Waals surface area contributed by atoms with Crippen LogP contribution < -0.4 is 5.32 Å². The van der Waals surface area contributed by atoms with Crippen molar-refractivity contribution in [3.8, 4) is 17.2 Å². The highest BCUT2D eigenvalue weighted by molar-refractivity contribution is 7.17. The van der Waals surface area contributed by atoms with E-state index in [0.29, 0.717) is 11.4 Å². The molecule has 2 heterocycles. The minimum Gasteiger partial charge on any atom is -0.339 e. The van der Waals surface area contributed by atoms with Gasteiger partial charge in [0.1, 0.15) is 10.6 Å². The average molecular weight is 363 g/mol. The molecule has 0 aliphatic rings. The van der Waals surface area contributed by atoms with Crippen molar-refractivity contribution in [3.05, 3.63) is 70.8 Å². The second kappa shape index (κ2) is 6.52. The quantitative estimate of drug-likeness (QED) is 0.480. The molecule has 0 radical (unpaired) electrons. The number of rotatable bonds is 3. The number of nitrogens with one attached hydrogen (secondary N) is 1. The lowest BCUT2D eigenvalue weighted by Crippen LogP contribution is -1.97. The molecule has 0 unspecified atom stereocenters. The zero-order valence-corrected chi connectivity index (χ0v) is 14.5. The van der Waals surface area contributed by atoms with Crippen LogP contribution in [-0.4, -0.2) is 9.97 Å². The number of aromatic nitrogens is 2. The predicted octanol–water partition coefficient (Wildman–Crippen LogP) is 5.63. The van der Waals surface area contributed by atoms with Crippen molar-refractivity contribution in [2.24, 2.45) is 0 Å². The Bertz CT molecular complexity index is 1100. The fourth-order valence-electron chi connectivity index (χ4n) is 2.64. The molecule has 120 valence electrons. The molecule has 4 nitrogen and oxygen atoms in total. The Morgan fingerprint density at radius 2 is 1.88 bits per heavy atom. The number of hydrogen-bond donors (Lipinski definition) is 1. The third kappa shape index (κ3) is 3.05. The Balaban J connectivity index is 1.88. The van der Waals surface area contributed by atoms with Crippen LogP contribution >= 0.6 is 22.9 Å². The molecule has 0 spiro atoms. The molecule has 0 aliphatic carbocycles. The van der Waals surface area contributed by atoms with Crippen LogP contribution in [0.3, 0.4) is 0 Å². The van der Waals surface area contributed by atoms with Crippen LogP contribution in [0.25, 0.3) is 21.3 Å². The Morgan fingerprint density at radius 1 is 1.04 bits per heavy atom. The maximum absolute atomic E-state index is 9.08. The summed E-state index contributed by atoms with van der Waals surface area (Å²) in [4.78, 5) is 9.53. The summed E-state index contributed by atoms with van der Waals surface area (Å²) in [5.74, 6) is 0.630. The molecule has 25 heavy (non-hydrogen) atoms. The first-order chi connectivity index (χ1) is 12.2. The van der Waals surface area contributed by atoms with Gasteiger partial charge in [-0.25, -0.2) is 4.98 Å². The van der Waals surface area contributed by atoms with Gasteiger partial charge in [0, 0.05) is 16.6 Å². The van der Waals surface area contributed by atoms with Crippen LogP contribution in [-0.2, 0) is 0 Å². The molecule has 4 rings (SSSR count). The van der Waals surface area contributed by atoms with E-state index in [1.807, 2.05) is 30.3 Å². The Hall–Kier alpha value is -2.94. The van der Waals surface area contributed by atoms with E-state index < -0.39 is 0 Å². The summed E-state index contributed by atoms with van der Waals surface area (Å²) in [5, 5.41) is 15.5. The van der Waals surface area contributed by atoms with Crippen molar-refractivity contribution in [2.45, 2.75) is 0 Å². The first kappa shape index (κ1) is 15.6. The van der Waals surface area contributed by atoms with E-state index in [9.17, 15) is 0 Å². The zero-order chi connectivity index (χ0) is 17.2. The summed E-state index contributed by atoms with van der Waals surface area (Å²) in [7, 11) is 0. The topological polar surface area (TPSA) is 61.6 Å². The molecule has 1 N–H and O–H groups in total. The molecule has 2 aromatic carbocycles. The largest absolute Gasteiger partial charge is 0.339 e. The number of fused-ring (bicyclic) bond motifs is 1. The molecule has 0 saturated heterocycles. The van der Waals surface area contributed by atoms with Gasteiger partial charge in [-0.1, -0.05) is 36.4 Å². The fourth-order valence-corrected chi connectivity index (χ4v) is 3.81. The highest BCUT2D eigenvalue weighted by Gasteiger charge is 2.15. The van der Waals surface area contributed by atoms with Gasteiger partial charge >= 0.3 is 0 Å². The van der Waals surface area contributed by atoms with Crippen molar-refractivity contribution in [3.63, 3.8) is 0 Å². The lowest BCUT2D eigenvalue weighted by atomic mass is 10.1. The number of nitriles is 1. The van der Waals surface area contributed by atoms with Crippen molar-refractivity contribution < 1.29 is 0 Å². The number of thiophene rings is 1. The number of hydrogen-bond acceptors (Lipinski definition) is 5. The van der Waals surface area contributed by atoms with E-state index in [4.69, 9.17) is 16.9 Å². The van der Waals surface area contributed by atoms with Gasteiger partial charge in [-0.05, 0) is 35.4 Å². The van der Waals surface area contributed by atoms with Gasteiger partial charge in [-0.15, -0.1) is 11.3 Å². The zero-order valence-electron chi connectivity index (χ0n) is 12.9. The molecule has 0 atom stereocenters. The van der Waals surface area contributed by atoms with Gasteiger partial charge in [-0.2, -0.15) is 10.2 Å². The van der Waals surface area contributed by atoms with Gasteiger partial charge in [0.2, 0.25) is 5.28 Å². The highest BCUT2D eigenvalue weighted by Crippen LogP contribution is 2.38.